The molecule has 1 aromatic carbocycles. The van der Waals surface area contributed by atoms with Crippen molar-refractivity contribution in [3.63, 3.8) is 0 Å². The summed E-state index contributed by atoms with van der Waals surface area (Å²) in [4.78, 5) is 16.8. The van der Waals surface area contributed by atoms with Crippen molar-refractivity contribution in [3.8, 4) is 0 Å². The zero-order valence-corrected chi connectivity index (χ0v) is 14.2. The maximum absolute atomic E-state index is 12.5. The number of rotatable bonds is 5. The second-order valence-corrected chi connectivity index (χ2v) is 5.58. The van der Waals surface area contributed by atoms with Crippen LogP contribution in [0.5, 0.6) is 0 Å². The van der Waals surface area contributed by atoms with Gasteiger partial charge in [-0.05, 0) is 49.2 Å². The Morgan fingerprint density at radius 2 is 2.08 bits per heavy atom. The van der Waals surface area contributed by atoms with E-state index in [-0.39, 0.29) is 5.91 Å². The third-order valence-corrected chi connectivity index (χ3v) is 3.77. The number of aromatic nitrogens is 2. The zero-order valence-electron chi connectivity index (χ0n) is 14.2. The molecule has 2 heterocycles. The van der Waals surface area contributed by atoms with Crippen molar-refractivity contribution < 1.29 is 9.32 Å². The molecule has 3 aromatic rings. The van der Waals surface area contributed by atoms with E-state index in [0.29, 0.717) is 23.4 Å². The summed E-state index contributed by atoms with van der Waals surface area (Å²) in [5.41, 5.74) is 3.75. The summed E-state index contributed by atoms with van der Waals surface area (Å²) >= 11 is 0. The lowest BCUT2D eigenvalue weighted by Crippen LogP contribution is -2.14. The van der Waals surface area contributed by atoms with Crippen LogP contribution in [0.15, 0.2) is 53.2 Å². The lowest BCUT2D eigenvalue weighted by molar-refractivity contribution is 0.102. The molecule has 0 saturated heterocycles. The van der Waals surface area contributed by atoms with Crippen LogP contribution in [-0.2, 0) is 6.42 Å². The van der Waals surface area contributed by atoms with Crippen molar-refractivity contribution in [2.45, 2.75) is 20.3 Å². The summed E-state index contributed by atoms with van der Waals surface area (Å²) < 4.78 is 5.13. The first-order chi connectivity index (χ1) is 12.2. The zero-order chi connectivity index (χ0) is 17.6. The van der Waals surface area contributed by atoms with Gasteiger partial charge in [0, 0.05) is 11.9 Å². The standard InChI is InChI=1S/C20H19N3O2/c1-3-18-19(14(2)25-23-18)20(24)22-17-9-6-7-15(13-17)10-11-16-8-4-5-12-21-16/h4-13H,3H2,1-2H3,(H,22,24). The van der Waals surface area contributed by atoms with E-state index in [1.165, 1.54) is 0 Å². The van der Waals surface area contributed by atoms with Crippen molar-refractivity contribution in [1.29, 1.82) is 0 Å². The van der Waals surface area contributed by atoms with Crippen molar-refractivity contribution in [2.24, 2.45) is 0 Å². The molecule has 126 valence electrons. The Morgan fingerprint density at radius 1 is 1.20 bits per heavy atom. The molecular formula is C20H19N3O2. The van der Waals surface area contributed by atoms with Crippen LogP contribution in [0.3, 0.4) is 0 Å². The lowest BCUT2D eigenvalue weighted by Gasteiger charge is -2.06. The van der Waals surface area contributed by atoms with E-state index >= 15 is 0 Å². The van der Waals surface area contributed by atoms with Crippen molar-refractivity contribution in [1.82, 2.24) is 10.1 Å². The summed E-state index contributed by atoms with van der Waals surface area (Å²) in [6.07, 6.45) is 6.29. The molecule has 0 radical (unpaired) electrons. The van der Waals surface area contributed by atoms with Crippen LogP contribution < -0.4 is 5.32 Å². The third kappa shape index (κ3) is 4.01. The highest BCUT2D eigenvalue weighted by Crippen LogP contribution is 2.18. The summed E-state index contributed by atoms with van der Waals surface area (Å²) in [6.45, 7) is 3.68. The van der Waals surface area contributed by atoms with Gasteiger partial charge in [0.2, 0.25) is 0 Å². The predicted octanol–water partition coefficient (Wildman–Crippen LogP) is 4.36. The molecule has 0 unspecified atom stereocenters. The molecular weight excluding hydrogens is 314 g/mol. The molecule has 5 nitrogen and oxygen atoms in total. The number of amides is 1. The molecule has 5 heteroatoms. The minimum Gasteiger partial charge on any atom is -0.361 e. The average Bonchev–Trinajstić information content (AvgIpc) is 3.02. The number of hydrogen-bond donors (Lipinski definition) is 1. The van der Waals surface area contributed by atoms with Gasteiger partial charge in [0.25, 0.3) is 5.91 Å². The van der Waals surface area contributed by atoms with Crippen LogP contribution in [0.25, 0.3) is 12.2 Å². The molecule has 3 rings (SSSR count). The fourth-order valence-electron chi connectivity index (χ4n) is 2.52. The van der Waals surface area contributed by atoms with Gasteiger partial charge in [-0.25, -0.2) is 0 Å². The van der Waals surface area contributed by atoms with Crippen LogP contribution in [0.2, 0.25) is 0 Å². The van der Waals surface area contributed by atoms with E-state index in [9.17, 15) is 4.79 Å². The minimum absolute atomic E-state index is 0.207. The molecule has 0 saturated carbocycles. The molecule has 0 fully saturated rings. The number of carbonyl (C=O) groups is 1. The number of benzene rings is 1. The quantitative estimate of drug-likeness (QED) is 0.753. The number of anilines is 1. The Hall–Kier alpha value is -3.21. The summed E-state index contributed by atoms with van der Waals surface area (Å²) in [5, 5.41) is 6.83. The third-order valence-electron chi connectivity index (χ3n) is 3.77. The number of nitrogens with zero attached hydrogens (tertiary/aromatic N) is 2. The smallest absolute Gasteiger partial charge is 0.261 e. The second-order valence-electron chi connectivity index (χ2n) is 5.58. The Bertz CT molecular complexity index is 898. The second kappa shape index (κ2) is 7.57. The number of carbonyl (C=O) groups excluding carboxylic acids is 1. The van der Waals surface area contributed by atoms with Gasteiger partial charge in [-0.3, -0.25) is 9.78 Å². The van der Waals surface area contributed by atoms with Crippen molar-refractivity contribution in [3.05, 3.63) is 76.9 Å². The van der Waals surface area contributed by atoms with Crippen LogP contribution in [0.1, 0.15) is 40.0 Å². The van der Waals surface area contributed by atoms with Gasteiger partial charge in [0.05, 0.1) is 11.4 Å². The van der Waals surface area contributed by atoms with E-state index in [0.717, 1.165) is 16.9 Å². The average molecular weight is 333 g/mol. The number of nitrogens with one attached hydrogen (secondary N) is 1. The first-order valence-corrected chi connectivity index (χ1v) is 8.13. The summed E-state index contributed by atoms with van der Waals surface area (Å²) in [6, 6.07) is 13.4. The topological polar surface area (TPSA) is 68.0 Å². The van der Waals surface area contributed by atoms with E-state index in [4.69, 9.17) is 4.52 Å². The van der Waals surface area contributed by atoms with Gasteiger partial charge in [-0.1, -0.05) is 36.4 Å². The molecule has 25 heavy (non-hydrogen) atoms. The number of pyridine rings is 1. The highest BCUT2D eigenvalue weighted by molar-refractivity contribution is 6.05. The highest BCUT2D eigenvalue weighted by atomic mass is 16.5. The van der Waals surface area contributed by atoms with Gasteiger partial charge in [-0.2, -0.15) is 0 Å². The normalized spacial score (nSPS) is 11.0. The summed E-state index contributed by atoms with van der Waals surface area (Å²) in [7, 11) is 0. The Morgan fingerprint density at radius 3 is 2.84 bits per heavy atom. The first kappa shape index (κ1) is 16.6. The summed E-state index contributed by atoms with van der Waals surface area (Å²) in [5.74, 6) is 0.321. The molecule has 2 aromatic heterocycles. The molecule has 1 N–H and O–H groups in total. The van der Waals surface area contributed by atoms with E-state index in [1.807, 2.05) is 61.5 Å². The van der Waals surface area contributed by atoms with Gasteiger partial charge in [-0.15, -0.1) is 0 Å². The molecule has 0 aliphatic carbocycles. The lowest BCUT2D eigenvalue weighted by atomic mass is 10.1. The molecule has 0 bridgehead atoms. The molecule has 1 amide bonds. The monoisotopic (exact) mass is 333 g/mol. The Balaban J connectivity index is 1.77. The minimum atomic E-state index is -0.207. The maximum atomic E-state index is 12.5. The Kier molecular flexibility index (Phi) is 5.04. The first-order valence-electron chi connectivity index (χ1n) is 8.13. The van der Waals surface area contributed by atoms with E-state index < -0.39 is 0 Å². The predicted molar refractivity (Wildman–Crippen MR) is 98.2 cm³/mol. The van der Waals surface area contributed by atoms with Crippen molar-refractivity contribution >= 4 is 23.7 Å². The fraction of sp³-hybridized carbons (Fsp3) is 0.150. The van der Waals surface area contributed by atoms with Gasteiger partial charge < -0.3 is 9.84 Å². The van der Waals surface area contributed by atoms with Gasteiger partial charge >= 0.3 is 0 Å². The molecule has 0 aliphatic heterocycles. The van der Waals surface area contributed by atoms with Gasteiger partial charge in [0.15, 0.2) is 0 Å². The van der Waals surface area contributed by atoms with Gasteiger partial charge in [0.1, 0.15) is 11.3 Å². The maximum Gasteiger partial charge on any atom is 0.261 e. The van der Waals surface area contributed by atoms with E-state index in [1.54, 1.807) is 13.1 Å². The highest BCUT2D eigenvalue weighted by Gasteiger charge is 2.19. The van der Waals surface area contributed by atoms with Crippen molar-refractivity contribution in [2.75, 3.05) is 5.32 Å². The van der Waals surface area contributed by atoms with Crippen LogP contribution in [-0.4, -0.2) is 16.0 Å². The Labute approximate surface area is 146 Å². The number of hydrogen-bond acceptors (Lipinski definition) is 4. The molecule has 0 atom stereocenters. The SMILES string of the molecule is CCc1noc(C)c1C(=O)Nc1cccc(C=Cc2ccccn2)c1. The van der Waals surface area contributed by atoms with E-state index in [2.05, 4.69) is 15.5 Å². The van der Waals surface area contributed by atoms with Crippen LogP contribution in [0.4, 0.5) is 5.69 Å². The van der Waals surface area contributed by atoms with Crippen LogP contribution >= 0.6 is 0 Å². The largest absolute Gasteiger partial charge is 0.361 e. The molecule has 0 aliphatic rings. The molecule has 0 spiro atoms. The fourth-order valence-corrected chi connectivity index (χ4v) is 2.52. The number of aryl methyl sites for hydroxylation is 2. The van der Waals surface area contributed by atoms with Crippen LogP contribution in [0, 0.1) is 6.92 Å².